The number of thiocarbonyl (C=S) groups is 1. The molecule has 1 aliphatic rings. The molecule has 25 heavy (non-hydrogen) atoms. The summed E-state index contributed by atoms with van der Waals surface area (Å²) < 4.78 is 2.16. The van der Waals surface area contributed by atoms with Crippen molar-refractivity contribution in [2.45, 2.75) is 18.6 Å². The van der Waals surface area contributed by atoms with Crippen molar-refractivity contribution in [3.8, 4) is 0 Å². The van der Waals surface area contributed by atoms with Crippen LogP contribution in [0.3, 0.4) is 0 Å². The van der Waals surface area contributed by atoms with Gasteiger partial charge in [-0.1, -0.05) is 36.4 Å². The molecule has 126 valence electrons. The van der Waals surface area contributed by atoms with E-state index in [0.29, 0.717) is 0 Å². The molecule has 0 aliphatic carbocycles. The van der Waals surface area contributed by atoms with E-state index in [9.17, 15) is 0 Å². The van der Waals surface area contributed by atoms with E-state index in [4.69, 9.17) is 12.2 Å². The van der Waals surface area contributed by atoms with Crippen LogP contribution in [-0.4, -0.2) is 19.6 Å². The van der Waals surface area contributed by atoms with Crippen molar-refractivity contribution >= 4 is 17.3 Å². The van der Waals surface area contributed by atoms with Crippen molar-refractivity contribution in [3.63, 3.8) is 0 Å². The fourth-order valence-corrected chi connectivity index (χ4v) is 3.76. The molecule has 4 rings (SSSR count). The second-order valence-corrected chi connectivity index (χ2v) is 6.67. The van der Waals surface area contributed by atoms with Crippen molar-refractivity contribution in [1.82, 2.24) is 19.8 Å². The van der Waals surface area contributed by atoms with Gasteiger partial charge in [-0.15, -0.1) is 0 Å². The summed E-state index contributed by atoms with van der Waals surface area (Å²) >= 11 is 5.69. The summed E-state index contributed by atoms with van der Waals surface area (Å²) in [7, 11) is 2.08. The summed E-state index contributed by atoms with van der Waals surface area (Å²) in [5, 5.41) is 4.26. The van der Waals surface area contributed by atoms with Gasteiger partial charge >= 0.3 is 0 Å². The number of benzene rings is 1. The Morgan fingerprint density at radius 2 is 1.84 bits per heavy atom. The maximum Gasteiger partial charge on any atom is 0.170 e. The van der Waals surface area contributed by atoms with Crippen LogP contribution in [0.15, 0.2) is 73.1 Å². The Balaban J connectivity index is 1.74. The van der Waals surface area contributed by atoms with Gasteiger partial charge in [0.05, 0.1) is 17.8 Å². The van der Waals surface area contributed by atoms with Gasteiger partial charge in [0.1, 0.15) is 0 Å². The molecule has 3 heterocycles. The minimum atomic E-state index is 0.0333. The van der Waals surface area contributed by atoms with E-state index in [-0.39, 0.29) is 12.1 Å². The molecule has 0 saturated carbocycles. The number of nitrogens with one attached hydrogen (secondary N) is 1. The zero-order chi connectivity index (χ0) is 17.2. The van der Waals surface area contributed by atoms with Crippen LogP contribution in [0.1, 0.15) is 29.0 Å². The number of nitrogens with zero attached hydrogens (tertiary/aromatic N) is 3. The molecule has 2 aromatic heterocycles. The average molecular weight is 348 g/mol. The Morgan fingerprint density at radius 1 is 1.04 bits per heavy atom. The Bertz CT molecular complexity index is 860. The average Bonchev–Trinajstić information content (AvgIpc) is 3.20. The fourth-order valence-electron chi connectivity index (χ4n) is 3.46. The molecule has 4 nitrogen and oxygen atoms in total. The van der Waals surface area contributed by atoms with E-state index in [1.54, 1.807) is 0 Å². The lowest BCUT2D eigenvalue weighted by Crippen LogP contribution is -2.29. The van der Waals surface area contributed by atoms with Gasteiger partial charge < -0.3 is 14.8 Å². The number of aromatic nitrogens is 2. The lowest BCUT2D eigenvalue weighted by atomic mass is 10.0. The third-order valence-corrected chi connectivity index (χ3v) is 5.03. The zero-order valence-corrected chi connectivity index (χ0v) is 14.9. The smallest absolute Gasteiger partial charge is 0.170 e. The predicted molar refractivity (Wildman–Crippen MR) is 103 cm³/mol. The lowest BCUT2D eigenvalue weighted by molar-refractivity contribution is 0.299. The first-order valence-corrected chi connectivity index (χ1v) is 8.78. The molecule has 1 N–H and O–H groups in total. The molecule has 1 fully saturated rings. The van der Waals surface area contributed by atoms with Crippen LogP contribution < -0.4 is 5.32 Å². The van der Waals surface area contributed by atoms with Gasteiger partial charge in [-0.2, -0.15) is 0 Å². The number of rotatable bonds is 4. The lowest BCUT2D eigenvalue weighted by Gasteiger charge is -2.28. The molecule has 3 aromatic rings. The highest BCUT2D eigenvalue weighted by atomic mass is 32.1. The summed E-state index contributed by atoms with van der Waals surface area (Å²) in [6.45, 7) is 0.770. The molecular formula is C20H20N4S. The van der Waals surface area contributed by atoms with Gasteiger partial charge in [-0.05, 0) is 42.0 Å². The van der Waals surface area contributed by atoms with Gasteiger partial charge in [0.2, 0.25) is 0 Å². The first-order chi connectivity index (χ1) is 12.2. The van der Waals surface area contributed by atoms with E-state index in [0.717, 1.165) is 17.4 Å². The molecule has 0 bridgehead atoms. The normalized spacial score (nSPS) is 19.9. The molecule has 1 saturated heterocycles. The Morgan fingerprint density at radius 3 is 2.52 bits per heavy atom. The van der Waals surface area contributed by atoms with Gasteiger partial charge in [-0.3, -0.25) is 4.98 Å². The molecule has 1 aromatic carbocycles. The van der Waals surface area contributed by atoms with Gasteiger partial charge in [-0.25, -0.2) is 0 Å². The van der Waals surface area contributed by atoms with Crippen LogP contribution in [0.25, 0.3) is 0 Å². The maximum atomic E-state index is 5.69. The fraction of sp³-hybridized carbons (Fsp3) is 0.200. The topological polar surface area (TPSA) is 33.1 Å². The minimum absolute atomic E-state index is 0.0333. The number of hydrogen-bond donors (Lipinski definition) is 1. The molecule has 2 atom stereocenters. The Kier molecular flexibility index (Phi) is 4.24. The maximum absolute atomic E-state index is 5.69. The summed E-state index contributed by atoms with van der Waals surface area (Å²) in [4.78, 5) is 6.83. The molecular weight excluding hydrogens is 328 g/mol. The van der Waals surface area contributed by atoms with E-state index in [2.05, 4.69) is 75.5 Å². The monoisotopic (exact) mass is 348 g/mol. The summed E-state index contributed by atoms with van der Waals surface area (Å²) in [6.07, 6.45) is 3.91. The van der Waals surface area contributed by atoms with E-state index < -0.39 is 0 Å². The van der Waals surface area contributed by atoms with Gasteiger partial charge in [0, 0.05) is 31.7 Å². The molecule has 0 radical (unpaired) electrons. The SMILES string of the molecule is Cn1cccc1[C@H]1[C@H](c2ccccn2)NC(=S)N1Cc1ccccc1. The summed E-state index contributed by atoms with van der Waals surface area (Å²) in [5.41, 5.74) is 3.47. The van der Waals surface area contributed by atoms with Crippen LogP contribution in [0.2, 0.25) is 0 Å². The second kappa shape index (κ2) is 6.69. The zero-order valence-electron chi connectivity index (χ0n) is 14.0. The van der Waals surface area contributed by atoms with Crippen LogP contribution in [0.4, 0.5) is 0 Å². The predicted octanol–water partition coefficient (Wildman–Crippen LogP) is 3.59. The summed E-state index contributed by atoms with van der Waals surface area (Å²) in [6, 6.07) is 20.8. The largest absolute Gasteiger partial charge is 0.353 e. The highest BCUT2D eigenvalue weighted by Gasteiger charge is 2.40. The Labute approximate surface area is 153 Å². The molecule has 0 amide bonds. The van der Waals surface area contributed by atoms with Crippen molar-refractivity contribution in [2.75, 3.05) is 0 Å². The highest BCUT2D eigenvalue weighted by molar-refractivity contribution is 7.80. The van der Waals surface area contributed by atoms with Crippen LogP contribution in [0, 0.1) is 0 Å². The van der Waals surface area contributed by atoms with Crippen molar-refractivity contribution in [3.05, 3.63) is 90.0 Å². The highest BCUT2D eigenvalue weighted by Crippen LogP contribution is 2.39. The molecule has 5 heteroatoms. The third-order valence-electron chi connectivity index (χ3n) is 4.68. The van der Waals surface area contributed by atoms with E-state index in [1.165, 1.54) is 11.3 Å². The first-order valence-electron chi connectivity index (χ1n) is 8.37. The van der Waals surface area contributed by atoms with Crippen LogP contribution >= 0.6 is 12.2 Å². The van der Waals surface area contributed by atoms with E-state index in [1.807, 2.05) is 24.4 Å². The van der Waals surface area contributed by atoms with E-state index >= 15 is 0 Å². The van der Waals surface area contributed by atoms with Crippen molar-refractivity contribution < 1.29 is 0 Å². The molecule has 0 spiro atoms. The van der Waals surface area contributed by atoms with Crippen LogP contribution in [-0.2, 0) is 13.6 Å². The molecule has 0 unspecified atom stereocenters. The second-order valence-electron chi connectivity index (χ2n) is 6.28. The van der Waals surface area contributed by atoms with Crippen LogP contribution in [0.5, 0.6) is 0 Å². The third kappa shape index (κ3) is 3.03. The number of pyridine rings is 1. The van der Waals surface area contributed by atoms with Gasteiger partial charge in [0.15, 0.2) is 5.11 Å². The molecule has 1 aliphatic heterocycles. The Hall–Kier alpha value is -2.66. The van der Waals surface area contributed by atoms with Crippen molar-refractivity contribution in [1.29, 1.82) is 0 Å². The first kappa shape index (κ1) is 15.8. The minimum Gasteiger partial charge on any atom is -0.353 e. The van der Waals surface area contributed by atoms with Crippen molar-refractivity contribution in [2.24, 2.45) is 7.05 Å². The van der Waals surface area contributed by atoms with Gasteiger partial charge in [0.25, 0.3) is 0 Å². The number of aryl methyl sites for hydroxylation is 1. The number of hydrogen-bond acceptors (Lipinski definition) is 2. The summed E-state index contributed by atoms with van der Waals surface area (Å²) in [5.74, 6) is 0. The quantitative estimate of drug-likeness (QED) is 0.731. The standard InChI is InChI=1S/C20H20N4S/c1-23-13-7-11-17(23)19-18(16-10-5-6-12-21-16)22-20(25)24(19)14-15-8-3-2-4-9-15/h2-13,18-19H,14H2,1H3,(H,22,25)/t18-,19-/m0/s1.